The first-order chi connectivity index (χ1) is 16.2. The quantitative estimate of drug-likeness (QED) is 0.274. The lowest BCUT2D eigenvalue weighted by molar-refractivity contribution is 0.414. The lowest BCUT2D eigenvalue weighted by atomic mass is 9.78. The first-order valence-corrected chi connectivity index (χ1v) is 13.5. The Morgan fingerprint density at radius 2 is 1.03 bits per heavy atom. The van der Waals surface area contributed by atoms with Crippen molar-refractivity contribution >= 4 is 19.7 Å². The number of ether oxygens (including phenoxy) is 2. The third-order valence-corrected chi connectivity index (χ3v) is 9.03. The van der Waals surface area contributed by atoms with Crippen LogP contribution < -0.4 is 9.47 Å². The summed E-state index contributed by atoms with van der Waals surface area (Å²) in [6, 6.07) is 31.0. The monoisotopic (exact) mass is 488 g/mol. The standard InChI is InChI=1S/C29H28O3S2/c1-21-5-7-22(8-6-21)29(2,3)23-9-11-25(12-10-23)32-26-15-19-28(20-16-26)34(30,33)27-17-13-24(31-4)14-18-27/h5-20H,1-4H3. The van der Waals surface area contributed by atoms with E-state index in [-0.39, 0.29) is 5.41 Å². The summed E-state index contributed by atoms with van der Waals surface area (Å²) >= 11 is 5.47. The Labute approximate surface area is 207 Å². The molecule has 3 nitrogen and oxygen atoms in total. The molecule has 0 radical (unpaired) electrons. The Bertz CT molecular complexity index is 1350. The van der Waals surface area contributed by atoms with E-state index in [4.69, 9.17) is 20.7 Å². The van der Waals surface area contributed by atoms with Gasteiger partial charge in [0.1, 0.15) is 17.2 Å². The van der Waals surface area contributed by atoms with Crippen LogP contribution in [0.5, 0.6) is 17.2 Å². The molecular formula is C29H28O3S2. The van der Waals surface area contributed by atoms with Crippen LogP contribution in [-0.2, 0) is 25.1 Å². The van der Waals surface area contributed by atoms with E-state index >= 15 is 0 Å². The van der Waals surface area contributed by atoms with Gasteiger partial charge in [-0.15, -0.1) is 0 Å². The fourth-order valence-electron chi connectivity index (χ4n) is 3.79. The van der Waals surface area contributed by atoms with Gasteiger partial charge in [0.15, 0.2) is 0 Å². The zero-order valence-corrected chi connectivity index (χ0v) is 21.4. The van der Waals surface area contributed by atoms with E-state index in [9.17, 15) is 4.21 Å². The third kappa shape index (κ3) is 5.01. The fourth-order valence-corrected chi connectivity index (χ4v) is 5.72. The van der Waals surface area contributed by atoms with Gasteiger partial charge in [0.25, 0.3) is 0 Å². The number of methoxy groups -OCH3 is 1. The van der Waals surface area contributed by atoms with Gasteiger partial charge >= 0.3 is 0 Å². The van der Waals surface area contributed by atoms with Crippen LogP contribution >= 0.6 is 0 Å². The van der Waals surface area contributed by atoms with Gasteiger partial charge in [-0.25, -0.2) is 4.21 Å². The second-order valence-electron chi connectivity index (χ2n) is 8.77. The summed E-state index contributed by atoms with van der Waals surface area (Å²) in [7, 11) is -1.19. The van der Waals surface area contributed by atoms with Gasteiger partial charge in [-0.05, 0) is 89.9 Å². The Morgan fingerprint density at radius 3 is 1.47 bits per heavy atom. The van der Waals surface area contributed by atoms with Crippen LogP contribution in [0.15, 0.2) is 107 Å². The summed E-state index contributed by atoms with van der Waals surface area (Å²) in [5.41, 5.74) is 3.63. The van der Waals surface area contributed by atoms with E-state index in [0.29, 0.717) is 21.3 Å². The first kappa shape index (κ1) is 24.0. The molecular weight excluding hydrogens is 460 g/mol. The summed E-state index contributed by atoms with van der Waals surface area (Å²) in [6.45, 7) is 6.55. The Kier molecular flexibility index (Phi) is 6.78. The molecule has 0 aliphatic rings. The second-order valence-corrected chi connectivity index (χ2v) is 12.1. The highest BCUT2D eigenvalue weighted by Crippen LogP contribution is 2.33. The highest BCUT2D eigenvalue weighted by Gasteiger charge is 2.23. The van der Waals surface area contributed by atoms with Crippen molar-refractivity contribution in [1.82, 2.24) is 0 Å². The number of benzene rings is 4. The van der Waals surface area contributed by atoms with Gasteiger partial charge in [-0.2, -0.15) is 0 Å². The minimum atomic E-state index is -2.78. The van der Waals surface area contributed by atoms with E-state index in [1.165, 1.54) is 16.7 Å². The van der Waals surface area contributed by atoms with Gasteiger partial charge in [0, 0.05) is 15.2 Å². The zero-order chi connectivity index (χ0) is 24.3. The van der Waals surface area contributed by atoms with Gasteiger partial charge in [-0.3, -0.25) is 0 Å². The van der Waals surface area contributed by atoms with Crippen molar-refractivity contribution in [3.63, 3.8) is 0 Å². The highest BCUT2D eigenvalue weighted by atomic mass is 32.8. The minimum Gasteiger partial charge on any atom is -0.497 e. The molecule has 0 spiro atoms. The molecule has 4 aromatic rings. The molecule has 0 saturated heterocycles. The highest BCUT2D eigenvalue weighted by molar-refractivity contribution is 8.33. The first-order valence-electron chi connectivity index (χ1n) is 11.0. The van der Waals surface area contributed by atoms with Crippen LogP contribution in [0.1, 0.15) is 30.5 Å². The Morgan fingerprint density at radius 1 is 0.647 bits per heavy atom. The molecule has 174 valence electrons. The molecule has 5 heteroatoms. The van der Waals surface area contributed by atoms with E-state index in [1.54, 1.807) is 55.6 Å². The van der Waals surface area contributed by atoms with Gasteiger partial charge in [0.05, 0.1) is 15.6 Å². The van der Waals surface area contributed by atoms with E-state index in [1.807, 2.05) is 12.1 Å². The topological polar surface area (TPSA) is 35.5 Å². The summed E-state index contributed by atoms with van der Waals surface area (Å²) < 4.78 is 24.5. The predicted octanol–water partition coefficient (Wildman–Crippen LogP) is 7.29. The maximum absolute atomic E-state index is 13.3. The number of hydrogen-bond acceptors (Lipinski definition) is 4. The van der Waals surface area contributed by atoms with E-state index in [2.05, 4.69) is 57.2 Å². The lowest BCUT2D eigenvalue weighted by Gasteiger charge is -2.26. The number of aryl methyl sites for hydroxylation is 1. The zero-order valence-electron chi connectivity index (χ0n) is 19.8. The summed E-state index contributed by atoms with van der Waals surface area (Å²) in [5, 5.41) is 0. The van der Waals surface area contributed by atoms with Crippen LogP contribution in [0, 0.1) is 6.92 Å². The van der Waals surface area contributed by atoms with Gasteiger partial charge in [-0.1, -0.05) is 55.8 Å². The molecule has 1 unspecified atom stereocenters. The molecule has 4 rings (SSSR count). The fraction of sp³-hybridized carbons (Fsp3) is 0.172. The van der Waals surface area contributed by atoms with Crippen molar-refractivity contribution < 1.29 is 13.7 Å². The maximum Gasteiger partial charge on any atom is 0.127 e. The molecule has 0 bridgehead atoms. The van der Waals surface area contributed by atoms with Crippen molar-refractivity contribution in [3.05, 3.63) is 114 Å². The van der Waals surface area contributed by atoms with Crippen LogP contribution in [0.3, 0.4) is 0 Å². The summed E-state index contributed by atoms with van der Waals surface area (Å²) in [6.07, 6.45) is 0. The number of rotatable bonds is 7. The Hall–Kier alpha value is -3.15. The molecule has 0 fully saturated rings. The molecule has 0 aliphatic carbocycles. The van der Waals surface area contributed by atoms with Crippen LogP contribution in [-0.4, -0.2) is 11.3 Å². The van der Waals surface area contributed by atoms with Crippen LogP contribution in [0.4, 0.5) is 0 Å². The number of hydrogen-bond donors (Lipinski definition) is 0. The smallest absolute Gasteiger partial charge is 0.127 e. The SMILES string of the molecule is COc1ccc(S(=O)(=S)c2ccc(Oc3ccc(C(C)(C)c4ccc(C)cc4)cc3)cc2)cc1. The lowest BCUT2D eigenvalue weighted by Crippen LogP contribution is -2.18. The average Bonchev–Trinajstić information content (AvgIpc) is 2.85. The largest absolute Gasteiger partial charge is 0.497 e. The molecule has 0 N–H and O–H groups in total. The van der Waals surface area contributed by atoms with Crippen molar-refractivity contribution in [2.24, 2.45) is 0 Å². The van der Waals surface area contributed by atoms with Crippen molar-refractivity contribution in [3.8, 4) is 17.2 Å². The minimum absolute atomic E-state index is 0.112. The van der Waals surface area contributed by atoms with Gasteiger partial charge < -0.3 is 9.47 Å². The molecule has 0 saturated carbocycles. The predicted molar refractivity (Wildman–Crippen MR) is 141 cm³/mol. The molecule has 0 amide bonds. The molecule has 34 heavy (non-hydrogen) atoms. The summed E-state index contributed by atoms with van der Waals surface area (Å²) in [4.78, 5) is 1.17. The normalized spacial score (nSPS) is 13.2. The van der Waals surface area contributed by atoms with Crippen molar-refractivity contribution in [2.45, 2.75) is 36.0 Å². The van der Waals surface area contributed by atoms with Crippen molar-refractivity contribution in [1.29, 1.82) is 0 Å². The van der Waals surface area contributed by atoms with E-state index in [0.717, 1.165) is 5.75 Å². The molecule has 0 aromatic heterocycles. The van der Waals surface area contributed by atoms with Crippen LogP contribution in [0.2, 0.25) is 0 Å². The maximum atomic E-state index is 13.3. The second kappa shape index (κ2) is 9.61. The molecule has 0 aliphatic heterocycles. The van der Waals surface area contributed by atoms with E-state index < -0.39 is 8.49 Å². The molecule has 0 heterocycles. The third-order valence-electron chi connectivity index (χ3n) is 6.09. The van der Waals surface area contributed by atoms with Gasteiger partial charge in [0.2, 0.25) is 0 Å². The molecule has 4 aromatic carbocycles. The van der Waals surface area contributed by atoms with Crippen molar-refractivity contribution in [2.75, 3.05) is 7.11 Å². The average molecular weight is 489 g/mol. The van der Waals surface area contributed by atoms with Crippen LogP contribution in [0.25, 0.3) is 0 Å². The Balaban J connectivity index is 1.48. The summed E-state index contributed by atoms with van der Waals surface area (Å²) in [5.74, 6) is 2.10. The molecule has 1 atom stereocenters.